The van der Waals surface area contributed by atoms with Crippen LogP contribution in [-0.4, -0.2) is 13.6 Å². The van der Waals surface area contributed by atoms with Crippen molar-refractivity contribution in [2.75, 3.05) is 4.72 Å². The molecular weight excluding hydrogens is 266 g/mol. The van der Waals surface area contributed by atoms with E-state index in [1.807, 2.05) is 0 Å². The van der Waals surface area contributed by atoms with Crippen LogP contribution in [0.1, 0.15) is 24.2 Å². The van der Waals surface area contributed by atoms with E-state index in [-0.39, 0.29) is 16.8 Å². The summed E-state index contributed by atoms with van der Waals surface area (Å²) in [5.41, 5.74) is 7.08. The second-order valence-corrected chi connectivity index (χ2v) is 5.98. The summed E-state index contributed by atoms with van der Waals surface area (Å²) >= 11 is 0. The molecule has 0 fully saturated rings. The molecule has 0 aliphatic heterocycles. The Morgan fingerprint density at radius 2 is 2.11 bits per heavy atom. The molecule has 0 bridgehead atoms. The Morgan fingerprint density at radius 1 is 1.37 bits per heavy atom. The minimum absolute atomic E-state index is 0.0868. The molecule has 0 aliphatic carbocycles. The van der Waals surface area contributed by atoms with Crippen molar-refractivity contribution in [1.29, 1.82) is 0 Å². The molecule has 1 aromatic carbocycles. The fourth-order valence-electron chi connectivity index (χ4n) is 1.57. The van der Waals surface area contributed by atoms with Crippen molar-refractivity contribution in [2.24, 2.45) is 5.73 Å². The number of hydrogen-bond donors (Lipinski definition) is 2. The molecule has 0 aliphatic rings. The fourth-order valence-corrected chi connectivity index (χ4v) is 2.60. The number of aromatic nitrogens is 1. The van der Waals surface area contributed by atoms with Gasteiger partial charge in [-0.3, -0.25) is 0 Å². The van der Waals surface area contributed by atoms with E-state index in [9.17, 15) is 8.42 Å². The maximum Gasteiger partial charge on any atom is 0.264 e. The van der Waals surface area contributed by atoms with Gasteiger partial charge in [0, 0.05) is 12.1 Å². The van der Waals surface area contributed by atoms with E-state index in [0.717, 1.165) is 5.56 Å². The number of hydrogen-bond acceptors (Lipinski definition) is 5. The number of anilines is 1. The average molecular weight is 281 g/mol. The zero-order valence-corrected chi connectivity index (χ0v) is 11.4. The fraction of sp³-hybridized carbons (Fsp3) is 0.250. The summed E-state index contributed by atoms with van der Waals surface area (Å²) in [7, 11) is -3.70. The summed E-state index contributed by atoms with van der Waals surface area (Å²) in [4.78, 5) is 0.136. The van der Waals surface area contributed by atoms with Crippen LogP contribution in [0.15, 0.2) is 39.8 Å². The van der Waals surface area contributed by atoms with E-state index in [0.29, 0.717) is 5.69 Å². The van der Waals surface area contributed by atoms with Crippen LogP contribution in [0.2, 0.25) is 0 Å². The number of nitrogens with zero attached hydrogens (tertiary/aromatic N) is 1. The first-order valence-corrected chi connectivity index (χ1v) is 7.18. The zero-order valence-electron chi connectivity index (χ0n) is 10.6. The molecule has 1 aromatic heterocycles. The van der Waals surface area contributed by atoms with Crippen LogP contribution >= 0.6 is 0 Å². The van der Waals surface area contributed by atoms with Crippen molar-refractivity contribution >= 4 is 15.9 Å². The standard InChI is InChI=1S/C12H15N3O3S/c1-8-6-12(18-14-8)15-19(16,17)11-5-3-4-10(7-11)9(2)13/h3-7,9,15H,13H2,1-2H3. The Kier molecular flexibility index (Phi) is 3.59. The van der Waals surface area contributed by atoms with Crippen LogP contribution in [0.5, 0.6) is 0 Å². The molecule has 0 radical (unpaired) electrons. The van der Waals surface area contributed by atoms with Gasteiger partial charge in [0.2, 0.25) is 5.88 Å². The number of sulfonamides is 1. The molecule has 0 saturated heterocycles. The molecule has 1 heterocycles. The second kappa shape index (κ2) is 5.02. The molecule has 19 heavy (non-hydrogen) atoms. The largest absolute Gasteiger partial charge is 0.338 e. The molecule has 7 heteroatoms. The summed E-state index contributed by atoms with van der Waals surface area (Å²) in [6, 6.07) is 7.74. The Bertz CT molecular complexity index is 677. The van der Waals surface area contributed by atoms with Crippen LogP contribution in [-0.2, 0) is 10.0 Å². The highest BCUT2D eigenvalue weighted by Crippen LogP contribution is 2.19. The molecule has 2 rings (SSSR count). The highest BCUT2D eigenvalue weighted by Gasteiger charge is 2.17. The lowest BCUT2D eigenvalue weighted by molar-refractivity contribution is 0.430. The van der Waals surface area contributed by atoms with E-state index in [2.05, 4.69) is 9.88 Å². The third-order valence-electron chi connectivity index (χ3n) is 2.56. The highest BCUT2D eigenvalue weighted by molar-refractivity contribution is 7.92. The number of nitrogens with two attached hydrogens (primary N) is 1. The molecule has 3 N–H and O–H groups in total. The third-order valence-corrected chi connectivity index (χ3v) is 3.90. The van der Waals surface area contributed by atoms with E-state index in [1.165, 1.54) is 18.2 Å². The summed E-state index contributed by atoms with van der Waals surface area (Å²) in [5, 5.41) is 3.62. The summed E-state index contributed by atoms with van der Waals surface area (Å²) in [6.07, 6.45) is 0. The minimum Gasteiger partial charge on any atom is -0.338 e. The first-order chi connectivity index (χ1) is 8.88. The van der Waals surface area contributed by atoms with Crippen molar-refractivity contribution in [2.45, 2.75) is 24.8 Å². The SMILES string of the molecule is Cc1cc(NS(=O)(=O)c2cccc(C(C)N)c2)on1. The van der Waals surface area contributed by atoms with Gasteiger partial charge in [0.25, 0.3) is 10.0 Å². The second-order valence-electron chi connectivity index (χ2n) is 4.30. The maximum atomic E-state index is 12.1. The van der Waals surface area contributed by atoms with Crippen LogP contribution < -0.4 is 10.5 Å². The zero-order chi connectivity index (χ0) is 14.0. The van der Waals surface area contributed by atoms with Gasteiger partial charge in [-0.05, 0) is 31.5 Å². The first-order valence-electron chi connectivity index (χ1n) is 5.70. The van der Waals surface area contributed by atoms with Crippen LogP contribution in [0.3, 0.4) is 0 Å². The maximum absolute atomic E-state index is 12.1. The van der Waals surface area contributed by atoms with E-state index in [4.69, 9.17) is 10.3 Å². The molecule has 0 amide bonds. The van der Waals surface area contributed by atoms with Crippen LogP contribution in [0.25, 0.3) is 0 Å². The highest BCUT2D eigenvalue weighted by atomic mass is 32.2. The van der Waals surface area contributed by atoms with Crippen molar-refractivity contribution in [3.05, 3.63) is 41.6 Å². The normalized spacial score (nSPS) is 13.2. The van der Waals surface area contributed by atoms with E-state index >= 15 is 0 Å². The van der Waals surface area contributed by atoms with Crippen molar-refractivity contribution < 1.29 is 12.9 Å². The molecule has 102 valence electrons. The van der Waals surface area contributed by atoms with Gasteiger partial charge in [-0.25, -0.2) is 13.1 Å². The Morgan fingerprint density at radius 3 is 2.68 bits per heavy atom. The lowest BCUT2D eigenvalue weighted by atomic mass is 10.1. The smallest absolute Gasteiger partial charge is 0.264 e. The van der Waals surface area contributed by atoms with Gasteiger partial charge in [0.15, 0.2) is 0 Å². The first kappa shape index (κ1) is 13.6. The summed E-state index contributed by atoms with van der Waals surface area (Å²) in [5.74, 6) is 0.0868. The molecular formula is C12H15N3O3S. The average Bonchev–Trinajstić information content (AvgIpc) is 2.74. The van der Waals surface area contributed by atoms with Crippen LogP contribution in [0.4, 0.5) is 5.88 Å². The van der Waals surface area contributed by atoms with E-state index in [1.54, 1.807) is 26.0 Å². The topological polar surface area (TPSA) is 98.2 Å². The van der Waals surface area contributed by atoms with Crippen molar-refractivity contribution in [1.82, 2.24) is 5.16 Å². The monoisotopic (exact) mass is 281 g/mol. The molecule has 1 unspecified atom stereocenters. The number of aryl methyl sites for hydroxylation is 1. The third kappa shape index (κ3) is 3.12. The number of rotatable bonds is 4. The lowest BCUT2D eigenvalue weighted by Crippen LogP contribution is -2.13. The lowest BCUT2D eigenvalue weighted by Gasteiger charge is -2.09. The molecule has 6 nitrogen and oxygen atoms in total. The Balaban J connectivity index is 2.31. The Hall–Kier alpha value is -1.86. The molecule has 2 aromatic rings. The van der Waals surface area contributed by atoms with Crippen LogP contribution in [0, 0.1) is 6.92 Å². The van der Waals surface area contributed by atoms with Crippen molar-refractivity contribution in [3.8, 4) is 0 Å². The molecule has 0 saturated carbocycles. The van der Waals surface area contributed by atoms with Gasteiger partial charge in [-0.15, -0.1) is 0 Å². The number of benzene rings is 1. The van der Waals surface area contributed by atoms with E-state index < -0.39 is 10.0 Å². The van der Waals surface area contributed by atoms with Gasteiger partial charge in [0.05, 0.1) is 10.6 Å². The van der Waals surface area contributed by atoms with Gasteiger partial charge >= 0.3 is 0 Å². The molecule has 0 spiro atoms. The number of nitrogens with one attached hydrogen (secondary N) is 1. The summed E-state index contributed by atoms with van der Waals surface area (Å²) < 4.78 is 31.5. The van der Waals surface area contributed by atoms with Gasteiger partial charge < -0.3 is 10.3 Å². The van der Waals surface area contributed by atoms with Gasteiger partial charge in [0.1, 0.15) is 0 Å². The summed E-state index contributed by atoms with van der Waals surface area (Å²) in [6.45, 7) is 3.50. The predicted molar refractivity (Wildman–Crippen MR) is 71.1 cm³/mol. The van der Waals surface area contributed by atoms with Crippen molar-refractivity contribution in [3.63, 3.8) is 0 Å². The predicted octanol–water partition coefficient (Wildman–Crippen LogP) is 1.80. The minimum atomic E-state index is -3.70. The molecule has 1 atom stereocenters. The quantitative estimate of drug-likeness (QED) is 0.890. The Labute approximate surface area is 111 Å². The van der Waals surface area contributed by atoms with Gasteiger partial charge in [-0.1, -0.05) is 17.3 Å². The van der Waals surface area contributed by atoms with Gasteiger partial charge in [-0.2, -0.15) is 0 Å².